The number of aliphatic hydroxyl groups is 1. The summed E-state index contributed by atoms with van der Waals surface area (Å²) >= 11 is 4.86. The highest BCUT2D eigenvalue weighted by Gasteiger charge is 2.31. The number of aliphatic hydroxyl groups excluding tert-OH is 1. The van der Waals surface area contributed by atoms with Crippen molar-refractivity contribution in [3.05, 3.63) is 29.8 Å². The number of benzene rings is 1. The Morgan fingerprint density at radius 2 is 2.15 bits per heavy atom. The van der Waals surface area contributed by atoms with Crippen LogP contribution in [0.5, 0.6) is 0 Å². The number of thiocarbonyl (C=S) groups is 1. The van der Waals surface area contributed by atoms with E-state index >= 15 is 0 Å². The predicted octanol–water partition coefficient (Wildman–Crippen LogP) is 0.712. The zero-order valence-corrected chi connectivity index (χ0v) is 12.8. The zero-order valence-electron chi connectivity index (χ0n) is 11.2. The van der Waals surface area contributed by atoms with Gasteiger partial charge in [0.2, 0.25) is 10.0 Å². The van der Waals surface area contributed by atoms with Crippen molar-refractivity contribution in [3.63, 3.8) is 0 Å². The van der Waals surface area contributed by atoms with Crippen molar-refractivity contribution in [2.45, 2.75) is 23.8 Å². The summed E-state index contributed by atoms with van der Waals surface area (Å²) in [7, 11) is -2.00. The van der Waals surface area contributed by atoms with Crippen LogP contribution >= 0.6 is 12.2 Å². The van der Waals surface area contributed by atoms with E-state index in [1.165, 1.54) is 16.4 Å². The van der Waals surface area contributed by atoms with Crippen LogP contribution in [0.4, 0.5) is 0 Å². The molecule has 20 heavy (non-hydrogen) atoms. The first-order valence-corrected chi connectivity index (χ1v) is 8.20. The fourth-order valence-electron chi connectivity index (χ4n) is 2.30. The van der Waals surface area contributed by atoms with Crippen molar-refractivity contribution < 1.29 is 13.5 Å². The van der Waals surface area contributed by atoms with E-state index in [0.29, 0.717) is 24.9 Å². The maximum absolute atomic E-state index is 12.4. The van der Waals surface area contributed by atoms with Crippen molar-refractivity contribution in [2.24, 2.45) is 11.7 Å². The molecule has 2 rings (SSSR count). The predicted molar refractivity (Wildman–Crippen MR) is 80.9 cm³/mol. The molecule has 1 fully saturated rings. The zero-order chi connectivity index (χ0) is 14.9. The number of hydrogen-bond donors (Lipinski definition) is 2. The molecule has 1 saturated carbocycles. The van der Waals surface area contributed by atoms with Gasteiger partial charge in [-0.1, -0.05) is 24.4 Å². The van der Waals surface area contributed by atoms with E-state index in [2.05, 4.69) is 0 Å². The molecule has 5 nitrogen and oxygen atoms in total. The number of rotatable bonds is 5. The standard InChI is InChI=1S/C13H18N2O3S2/c1-15(8-9-5-11(16)6-9)20(17,18)12-4-2-3-10(7-12)13(14)19/h2-4,7,9,11,16H,5-6,8H2,1H3,(H2,14,19). The van der Waals surface area contributed by atoms with Crippen LogP contribution < -0.4 is 5.73 Å². The van der Waals surface area contributed by atoms with E-state index in [4.69, 9.17) is 18.0 Å². The highest BCUT2D eigenvalue weighted by atomic mass is 32.2. The van der Waals surface area contributed by atoms with E-state index in [-0.39, 0.29) is 21.9 Å². The number of nitrogens with two attached hydrogens (primary N) is 1. The first-order valence-electron chi connectivity index (χ1n) is 6.35. The molecule has 0 amide bonds. The van der Waals surface area contributed by atoms with Crippen LogP contribution in [-0.2, 0) is 10.0 Å². The number of sulfonamides is 1. The molecule has 3 N–H and O–H groups in total. The van der Waals surface area contributed by atoms with Crippen molar-refractivity contribution in [3.8, 4) is 0 Å². The van der Waals surface area contributed by atoms with Crippen LogP contribution in [0.3, 0.4) is 0 Å². The van der Waals surface area contributed by atoms with Gasteiger partial charge in [0.1, 0.15) is 4.99 Å². The molecule has 0 atom stereocenters. The van der Waals surface area contributed by atoms with Gasteiger partial charge in [0.05, 0.1) is 11.0 Å². The molecular weight excluding hydrogens is 296 g/mol. The fraction of sp³-hybridized carbons (Fsp3) is 0.462. The highest BCUT2D eigenvalue weighted by molar-refractivity contribution is 7.89. The normalized spacial score (nSPS) is 22.6. The molecule has 1 aliphatic rings. The van der Waals surface area contributed by atoms with Gasteiger partial charge in [-0.25, -0.2) is 12.7 Å². The second-order valence-electron chi connectivity index (χ2n) is 5.17. The molecule has 0 aliphatic heterocycles. The molecule has 1 aromatic carbocycles. The van der Waals surface area contributed by atoms with E-state index in [1.807, 2.05) is 0 Å². The minimum absolute atomic E-state index is 0.173. The first-order chi connectivity index (χ1) is 9.30. The minimum Gasteiger partial charge on any atom is -0.393 e. The Morgan fingerprint density at radius 3 is 2.70 bits per heavy atom. The summed E-state index contributed by atoms with van der Waals surface area (Å²) in [6.07, 6.45) is 1.04. The Hall–Kier alpha value is -1.02. The molecule has 0 unspecified atom stereocenters. The molecule has 0 bridgehead atoms. The summed E-state index contributed by atoms with van der Waals surface area (Å²) in [5.41, 5.74) is 6.06. The van der Waals surface area contributed by atoms with Crippen molar-refractivity contribution in [2.75, 3.05) is 13.6 Å². The van der Waals surface area contributed by atoms with Crippen LogP contribution in [0.15, 0.2) is 29.2 Å². The average molecular weight is 314 g/mol. The minimum atomic E-state index is -3.55. The molecular formula is C13H18N2O3S2. The molecule has 1 aromatic rings. The summed E-state index contributed by atoms with van der Waals surface area (Å²) in [6, 6.07) is 6.33. The average Bonchev–Trinajstić information content (AvgIpc) is 2.36. The van der Waals surface area contributed by atoms with Gasteiger partial charge in [-0.2, -0.15) is 0 Å². The van der Waals surface area contributed by atoms with Crippen molar-refractivity contribution in [1.29, 1.82) is 0 Å². The number of hydrogen-bond acceptors (Lipinski definition) is 4. The monoisotopic (exact) mass is 314 g/mol. The molecule has 0 radical (unpaired) electrons. The maximum Gasteiger partial charge on any atom is 0.242 e. The summed E-state index contributed by atoms with van der Waals surface area (Å²) in [4.78, 5) is 0.358. The summed E-state index contributed by atoms with van der Waals surface area (Å²) < 4.78 is 26.2. The van der Waals surface area contributed by atoms with Crippen LogP contribution in [0.1, 0.15) is 18.4 Å². The Kier molecular flexibility index (Phi) is 4.43. The lowest BCUT2D eigenvalue weighted by Crippen LogP contribution is -2.39. The molecule has 0 aromatic heterocycles. The van der Waals surface area contributed by atoms with E-state index in [9.17, 15) is 13.5 Å². The first kappa shape index (κ1) is 15.4. The quantitative estimate of drug-likeness (QED) is 0.782. The van der Waals surface area contributed by atoms with Crippen LogP contribution in [0, 0.1) is 5.92 Å². The molecule has 0 saturated heterocycles. The van der Waals surface area contributed by atoms with Gasteiger partial charge < -0.3 is 10.8 Å². The second kappa shape index (κ2) is 5.77. The van der Waals surface area contributed by atoms with Gasteiger partial charge >= 0.3 is 0 Å². The van der Waals surface area contributed by atoms with Crippen LogP contribution in [0.25, 0.3) is 0 Å². The Morgan fingerprint density at radius 1 is 1.50 bits per heavy atom. The van der Waals surface area contributed by atoms with E-state index in [0.717, 1.165) is 0 Å². The van der Waals surface area contributed by atoms with Gasteiger partial charge in [-0.15, -0.1) is 0 Å². The lowest BCUT2D eigenvalue weighted by atomic mass is 9.82. The lowest BCUT2D eigenvalue weighted by Gasteiger charge is -2.34. The molecule has 0 spiro atoms. The number of nitrogens with zero attached hydrogens (tertiary/aromatic N) is 1. The maximum atomic E-state index is 12.4. The van der Waals surface area contributed by atoms with Crippen LogP contribution in [-0.4, -0.2) is 42.5 Å². The molecule has 110 valence electrons. The lowest BCUT2D eigenvalue weighted by molar-refractivity contribution is 0.0367. The second-order valence-corrected chi connectivity index (χ2v) is 7.65. The van der Waals surface area contributed by atoms with Gasteiger partial charge in [-0.3, -0.25) is 0 Å². The SMILES string of the molecule is CN(CC1CC(O)C1)S(=O)(=O)c1cccc(C(N)=S)c1. The van der Waals surface area contributed by atoms with Gasteiger partial charge in [0, 0.05) is 19.2 Å². The summed E-state index contributed by atoms with van der Waals surface area (Å²) in [5.74, 6) is 0.226. The molecule has 0 heterocycles. The van der Waals surface area contributed by atoms with E-state index < -0.39 is 10.0 Å². The Bertz CT molecular complexity index is 610. The van der Waals surface area contributed by atoms with Crippen LogP contribution in [0.2, 0.25) is 0 Å². The van der Waals surface area contributed by atoms with Crippen molar-refractivity contribution in [1.82, 2.24) is 4.31 Å². The fourth-order valence-corrected chi connectivity index (χ4v) is 3.72. The van der Waals surface area contributed by atoms with E-state index in [1.54, 1.807) is 19.2 Å². The third kappa shape index (κ3) is 3.17. The molecule has 1 aliphatic carbocycles. The molecule has 7 heteroatoms. The third-order valence-electron chi connectivity index (χ3n) is 3.55. The Balaban J connectivity index is 2.16. The largest absolute Gasteiger partial charge is 0.393 e. The highest BCUT2D eigenvalue weighted by Crippen LogP contribution is 2.29. The summed E-state index contributed by atoms with van der Waals surface area (Å²) in [6.45, 7) is 0.413. The van der Waals surface area contributed by atoms with Gasteiger partial charge in [0.25, 0.3) is 0 Å². The topological polar surface area (TPSA) is 83.6 Å². The Labute approximate surface area is 124 Å². The summed E-state index contributed by atoms with van der Waals surface area (Å²) in [5, 5.41) is 9.25. The van der Waals surface area contributed by atoms with Gasteiger partial charge in [0.15, 0.2) is 0 Å². The third-order valence-corrected chi connectivity index (χ3v) is 5.61. The van der Waals surface area contributed by atoms with Crippen molar-refractivity contribution >= 4 is 27.2 Å². The van der Waals surface area contributed by atoms with Gasteiger partial charge in [-0.05, 0) is 30.9 Å². The smallest absolute Gasteiger partial charge is 0.242 e.